The Balaban J connectivity index is 4.71. The van der Waals surface area contributed by atoms with Crippen LogP contribution in [0.25, 0.3) is 0 Å². The number of carbonyl (C=O) groups is 1. The molecule has 17 heavy (non-hydrogen) atoms. The van der Waals surface area contributed by atoms with Crippen molar-refractivity contribution in [3.05, 3.63) is 0 Å². The molecule has 1 unspecified atom stereocenters. The summed E-state index contributed by atoms with van der Waals surface area (Å²) in [6, 6.07) is 0.0694. The van der Waals surface area contributed by atoms with Gasteiger partial charge in [-0.15, -0.1) is 0 Å². The lowest BCUT2D eigenvalue weighted by atomic mass is 9.84. The minimum Gasteiger partial charge on any atom is -0.393 e. The largest absolute Gasteiger partial charge is 0.393 e. The van der Waals surface area contributed by atoms with Crippen molar-refractivity contribution in [1.82, 2.24) is 4.90 Å². The number of nitrogens with two attached hydrogens (primary N) is 1. The minimum atomic E-state index is 0.0637. The predicted molar refractivity (Wildman–Crippen MR) is 76.8 cm³/mol. The number of nitrogens with zero attached hydrogens (tertiary/aromatic N) is 1. The van der Waals surface area contributed by atoms with Gasteiger partial charge in [-0.25, -0.2) is 0 Å². The van der Waals surface area contributed by atoms with Crippen LogP contribution in [0.4, 0.5) is 0 Å². The number of carbonyl (C=O) groups excluding carboxylic acids is 1. The smallest absolute Gasteiger partial charge is 0.226 e. The topological polar surface area (TPSA) is 46.3 Å². The molecule has 0 aromatic rings. The maximum Gasteiger partial charge on any atom is 0.226 e. The Morgan fingerprint density at radius 2 is 1.59 bits per heavy atom. The van der Waals surface area contributed by atoms with Gasteiger partial charge in [0.1, 0.15) is 0 Å². The molecule has 0 aliphatic carbocycles. The van der Waals surface area contributed by atoms with Gasteiger partial charge in [0.05, 0.1) is 4.99 Å². The van der Waals surface area contributed by atoms with E-state index in [-0.39, 0.29) is 17.9 Å². The summed E-state index contributed by atoms with van der Waals surface area (Å²) >= 11 is 4.89. The van der Waals surface area contributed by atoms with E-state index in [9.17, 15) is 4.79 Å². The normalized spacial score (nSPS) is 13.2. The van der Waals surface area contributed by atoms with E-state index in [1.54, 1.807) is 4.90 Å². The van der Waals surface area contributed by atoms with Crippen molar-refractivity contribution < 1.29 is 4.79 Å². The fourth-order valence-electron chi connectivity index (χ4n) is 2.22. The zero-order valence-corrected chi connectivity index (χ0v) is 12.7. The molecule has 0 aromatic carbocycles. The van der Waals surface area contributed by atoms with Crippen LogP contribution in [0.5, 0.6) is 0 Å². The lowest BCUT2D eigenvalue weighted by Gasteiger charge is -2.32. The molecule has 1 atom stereocenters. The highest BCUT2D eigenvalue weighted by Crippen LogP contribution is 2.23. The second-order valence-electron chi connectivity index (χ2n) is 5.48. The van der Waals surface area contributed by atoms with Crippen molar-refractivity contribution in [2.24, 2.45) is 23.5 Å². The number of hydrogen-bond acceptors (Lipinski definition) is 2. The highest BCUT2D eigenvalue weighted by atomic mass is 32.1. The third-order valence-corrected chi connectivity index (χ3v) is 3.39. The molecule has 0 aliphatic rings. The van der Waals surface area contributed by atoms with Gasteiger partial charge >= 0.3 is 0 Å². The Bertz CT molecular complexity index is 269. The summed E-state index contributed by atoms with van der Waals surface area (Å²) in [5, 5.41) is 0. The van der Waals surface area contributed by atoms with E-state index in [0.29, 0.717) is 23.2 Å². The third kappa shape index (κ3) is 5.02. The van der Waals surface area contributed by atoms with E-state index in [1.165, 1.54) is 0 Å². The second-order valence-corrected chi connectivity index (χ2v) is 6.01. The molecule has 0 saturated carbocycles. The third-order valence-electron chi connectivity index (χ3n) is 3.23. The maximum atomic E-state index is 12.4. The molecule has 100 valence electrons. The number of rotatable bonds is 6. The second kappa shape index (κ2) is 6.94. The highest BCUT2D eigenvalue weighted by Gasteiger charge is 2.29. The van der Waals surface area contributed by atoms with Gasteiger partial charge in [0.25, 0.3) is 0 Å². The summed E-state index contributed by atoms with van der Waals surface area (Å²) in [7, 11) is 1.84. The zero-order valence-electron chi connectivity index (χ0n) is 11.9. The first-order chi connectivity index (χ1) is 7.68. The summed E-state index contributed by atoms with van der Waals surface area (Å²) < 4.78 is 0. The van der Waals surface area contributed by atoms with Crippen molar-refractivity contribution in [2.75, 3.05) is 7.05 Å². The highest BCUT2D eigenvalue weighted by molar-refractivity contribution is 7.80. The molecule has 0 rings (SSSR count). The van der Waals surface area contributed by atoms with E-state index in [4.69, 9.17) is 18.0 Å². The molecule has 0 radical (unpaired) electrons. The predicted octanol–water partition coefficient (Wildman–Crippen LogP) is 2.44. The Labute approximate surface area is 111 Å². The molecular weight excluding hydrogens is 232 g/mol. The van der Waals surface area contributed by atoms with Gasteiger partial charge in [0.15, 0.2) is 0 Å². The van der Waals surface area contributed by atoms with Crippen LogP contribution in [-0.2, 0) is 4.79 Å². The van der Waals surface area contributed by atoms with Gasteiger partial charge in [-0.1, -0.05) is 39.9 Å². The van der Waals surface area contributed by atoms with Crippen LogP contribution in [0.2, 0.25) is 0 Å². The average Bonchev–Trinajstić information content (AvgIpc) is 2.13. The molecule has 0 fully saturated rings. The quantitative estimate of drug-likeness (QED) is 0.744. The lowest BCUT2D eigenvalue weighted by Crippen LogP contribution is -2.43. The SMILES string of the molecule is CC(C)C(C(=O)N(C)C(C)CC(N)=S)C(C)C. The molecule has 4 heteroatoms. The molecule has 0 heterocycles. The average molecular weight is 258 g/mol. The molecule has 0 spiro atoms. The van der Waals surface area contributed by atoms with Crippen molar-refractivity contribution in [1.29, 1.82) is 0 Å². The maximum absolute atomic E-state index is 12.4. The summed E-state index contributed by atoms with van der Waals surface area (Å²) in [5.41, 5.74) is 5.52. The van der Waals surface area contributed by atoms with E-state index in [1.807, 2.05) is 14.0 Å². The molecule has 2 N–H and O–H groups in total. The first-order valence-electron chi connectivity index (χ1n) is 6.23. The van der Waals surface area contributed by atoms with Gasteiger partial charge in [-0.05, 0) is 18.8 Å². The summed E-state index contributed by atoms with van der Waals surface area (Å²) in [6.07, 6.45) is 0.584. The van der Waals surface area contributed by atoms with Crippen LogP contribution in [-0.4, -0.2) is 28.9 Å². The van der Waals surface area contributed by atoms with Crippen LogP contribution >= 0.6 is 12.2 Å². The fraction of sp³-hybridized carbons (Fsp3) is 0.846. The summed E-state index contributed by atoms with van der Waals surface area (Å²) in [4.78, 5) is 14.6. The van der Waals surface area contributed by atoms with Crippen molar-refractivity contribution in [3.63, 3.8) is 0 Å². The fourth-order valence-corrected chi connectivity index (χ4v) is 2.46. The monoisotopic (exact) mass is 258 g/mol. The Morgan fingerprint density at radius 3 is 1.88 bits per heavy atom. The van der Waals surface area contributed by atoms with E-state index in [2.05, 4.69) is 27.7 Å². The van der Waals surface area contributed by atoms with Gasteiger partial charge in [0.2, 0.25) is 5.91 Å². The standard InChI is InChI=1S/C13H26N2OS/c1-8(2)12(9(3)4)13(16)15(6)10(5)7-11(14)17/h8-10,12H,7H2,1-6H3,(H2,14,17). The first-order valence-corrected chi connectivity index (χ1v) is 6.64. The summed E-state index contributed by atoms with van der Waals surface area (Å²) in [6.45, 7) is 10.3. The van der Waals surface area contributed by atoms with Gasteiger partial charge in [0, 0.05) is 25.4 Å². The molecule has 0 saturated heterocycles. The molecule has 0 aliphatic heterocycles. The van der Waals surface area contributed by atoms with E-state index < -0.39 is 0 Å². The molecule has 1 amide bonds. The lowest BCUT2D eigenvalue weighted by molar-refractivity contribution is -0.139. The summed E-state index contributed by atoms with van der Waals surface area (Å²) in [5.74, 6) is 0.955. The van der Waals surface area contributed by atoms with E-state index >= 15 is 0 Å². The van der Waals surface area contributed by atoms with Gasteiger partial charge < -0.3 is 10.6 Å². The van der Waals surface area contributed by atoms with Crippen LogP contribution in [0.15, 0.2) is 0 Å². The van der Waals surface area contributed by atoms with E-state index in [0.717, 1.165) is 0 Å². The van der Waals surface area contributed by atoms with Crippen LogP contribution in [0.3, 0.4) is 0 Å². The van der Waals surface area contributed by atoms with Crippen LogP contribution < -0.4 is 5.73 Å². The Hall–Kier alpha value is -0.640. The number of thiocarbonyl (C=S) groups is 1. The minimum absolute atomic E-state index is 0.0637. The van der Waals surface area contributed by atoms with Crippen LogP contribution in [0, 0.1) is 17.8 Å². The molecular formula is C13H26N2OS. The Kier molecular flexibility index (Phi) is 6.68. The number of hydrogen-bond donors (Lipinski definition) is 1. The Morgan fingerprint density at radius 1 is 1.18 bits per heavy atom. The van der Waals surface area contributed by atoms with Gasteiger partial charge in [-0.3, -0.25) is 4.79 Å². The molecule has 0 aromatic heterocycles. The van der Waals surface area contributed by atoms with Gasteiger partial charge in [-0.2, -0.15) is 0 Å². The van der Waals surface area contributed by atoms with Crippen molar-refractivity contribution in [3.8, 4) is 0 Å². The molecule has 3 nitrogen and oxygen atoms in total. The first kappa shape index (κ1) is 16.4. The van der Waals surface area contributed by atoms with Crippen molar-refractivity contribution in [2.45, 2.75) is 47.1 Å². The zero-order chi connectivity index (χ0) is 13.7. The van der Waals surface area contributed by atoms with Crippen molar-refractivity contribution >= 4 is 23.1 Å². The number of amides is 1. The molecule has 0 bridgehead atoms. The van der Waals surface area contributed by atoms with Crippen LogP contribution in [0.1, 0.15) is 41.0 Å².